The van der Waals surface area contributed by atoms with E-state index >= 15 is 0 Å². The van der Waals surface area contributed by atoms with Gasteiger partial charge in [-0.25, -0.2) is 9.18 Å². The minimum atomic E-state index is -4.49. The van der Waals surface area contributed by atoms with E-state index in [-0.39, 0.29) is 11.5 Å². The van der Waals surface area contributed by atoms with Crippen molar-refractivity contribution in [3.63, 3.8) is 0 Å². The van der Waals surface area contributed by atoms with Gasteiger partial charge in [-0.05, 0) is 35.4 Å². The molecule has 0 spiro atoms. The molecule has 10 heteroatoms. The normalized spacial score (nSPS) is 12.2. The number of alkyl halides is 3. The monoisotopic (exact) mass is 411 g/mol. The molecule has 2 aromatic carbocycles. The molecule has 0 saturated carbocycles. The summed E-state index contributed by atoms with van der Waals surface area (Å²) < 4.78 is 62.2. The summed E-state index contributed by atoms with van der Waals surface area (Å²) in [5, 5.41) is 14.9. The van der Waals surface area contributed by atoms with Gasteiger partial charge in [0.15, 0.2) is 11.8 Å². The minimum Gasteiger partial charge on any atom is -0.441 e. The number of nitrogens with two attached hydrogens (primary N) is 1. The smallest absolute Gasteiger partial charge is 0.416 e. The number of ether oxygens (including phenoxy) is 2. The third kappa shape index (κ3) is 6.03. The molecule has 2 aromatic rings. The van der Waals surface area contributed by atoms with Gasteiger partial charge in [0.25, 0.3) is 0 Å². The van der Waals surface area contributed by atoms with Crippen LogP contribution in [-0.4, -0.2) is 17.9 Å². The molecule has 0 bridgehead atoms. The van der Waals surface area contributed by atoms with Crippen LogP contribution in [0.5, 0.6) is 0 Å². The Bertz CT molecular complexity index is 927. The van der Waals surface area contributed by atoms with E-state index in [0.29, 0.717) is 11.1 Å². The Labute approximate surface area is 163 Å². The first kappa shape index (κ1) is 21.9. The van der Waals surface area contributed by atoms with Crippen LogP contribution in [0.1, 0.15) is 30.6 Å². The van der Waals surface area contributed by atoms with E-state index in [0.717, 1.165) is 18.2 Å². The molecule has 0 aliphatic heterocycles. The van der Waals surface area contributed by atoms with Crippen molar-refractivity contribution in [1.82, 2.24) is 0 Å². The molecule has 1 atom stereocenters. The number of carbonyl (C=O) groups excluding carboxylic acids is 1. The second-order valence-electron chi connectivity index (χ2n) is 6.02. The summed E-state index contributed by atoms with van der Waals surface area (Å²) in [4.78, 5) is 11.2. The Kier molecular flexibility index (Phi) is 6.57. The number of hydrogen-bond donors (Lipinski definition) is 3. The van der Waals surface area contributed by atoms with Crippen LogP contribution >= 0.6 is 0 Å². The Morgan fingerprint density at radius 1 is 1.10 bits per heavy atom. The molecule has 0 heterocycles. The molecule has 29 heavy (non-hydrogen) atoms. The Hall–Kier alpha value is -3.43. The van der Waals surface area contributed by atoms with E-state index in [1.165, 1.54) is 31.2 Å². The van der Waals surface area contributed by atoms with Crippen LogP contribution in [-0.2, 0) is 15.7 Å². The lowest BCUT2D eigenvalue weighted by Gasteiger charge is -2.19. The van der Waals surface area contributed by atoms with Gasteiger partial charge >= 0.3 is 12.3 Å². The second-order valence-corrected chi connectivity index (χ2v) is 6.02. The Morgan fingerprint density at radius 2 is 1.69 bits per heavy atom. The number of primary amides is 1. The number of rotatable bonds is 5. The molecule has 0 saturated heterocycles. The van der Waals surface area contributed by atoms with Crippen molar-refractivity contribution < 1.29 is 31.8 Å². The predicted octanol–water partition coefficient (Wildman–Crippen LogP) is 5.03. The van der Waals surface area contributed by atoms with Crippen LogP contribution < -0.4 is 5.73 Å². The maximum Gasteiger partial charge on any atom is 0.416 e. The summed E-state index contributed by atoms with van der Waals surface area (Å²) in [5.41, 5.74) is 4.79. The number of benzene rings is 2. The molecule has 0 aliphatic carbocycles. The zero-order chi connectivity index (χ0) is 21.8. The molecule has 1 amide bonds. The summed E-state index contributed by atoms with van der Waals surface area (Å²) >= 11 is 0. The largest absolute Gasteiger partial charge is 0.441 e. The Morgan fingerprint density at radius 3 is 2.21 bits per heavy atom. The fourth-order valence-electron chi connectivity index (χ4n) is 2.57. The van der Waals surface area contributed by atoms with Crippen LogP contribution in [0, 0.1) is 16.6 Å². The molecule has 154 valence electrons. The summed E-state index contributed by atoms with van der Waals surface area (Å²) in [5.74, 6) is -1.51. The standard InChI is InChI=1S/C19H17F4N3O3/c1-10(24)28-17(25)9-16(29-18(26)27)14-8-12(4-7-15(14)20)11-2-5-13(6-3-11)19(21,22)23/h2-8,16,24-25H,9H2,1H3,(H2,26,27). The van der Waals surface area contributed by atoms with E-state index in [9.17, 15) is 22.4 Å². The fourth-order valence-corrected chi connectivity index (χ4v) is 2.57. The molecule has 0 radical (unpaired) electrons. The molecule has 1 unspecified atom stereocenters. The van der Waals surface area contributed by atoms with Gasteiger partial charge in [0, 0.05) is 12.5 Å². The lowest BCUT2D eigenvalue weighted by atomic mass is 9.98. The summed E-state index contributed by atoms with van der Waals surface area (Å²) in [7, 11) is 0. The fraction of sp³-hybridized carbons (Fsp3) is 0.211. The molecule has 6 nitrogen and oxygen atoms in total. The zero-order valence-corrected chi connectivity index (χ0v) is 15.1. The highest BCUT2D eigenvalue weighted by Crippen LogP contribution is 2.33. The van der Waals surface area contributed by atoms with Crippen LogP contribution in [0.2, 0.25) is 0 Å². The van der Waals surface area contributed by atoms with Gasteiger partial charge in [-0.2, -0.15) is 13.2 Å². The maximum absolute atomic E-state index is 14.4. The summed E-state index contributed by atoms with van der Waals surface area (Å²) in [6.07, 6.45) is -7.42. The first-order valence-electron chi connectivity index (χ1n) is 8.21. The van der Waals surface area contributed by atoms with Crippen LogP contribution in [0.4, 0.5) is 22.4 Å². The van der Waals surface area contributed by atoms with E-state index in [1.54, 1.807) is 0 Å². The topological polar surface area (TPSA) is 109 Å². The van der Waals surface area contributed by atoms with E-state index < -0.39 is 42.1 Å². The van der Waals surface area contributed by atoms with Gasteiger partial charge in [-0.3, -0.25) is 10.8 Å². The van der Waals surface area contributed by atoms with Crippen molar-refractivity contribution >= 4 is 17.9 Å². The van der Waals surface area contributed by atoms with Crippen molar-refractivity contribution in [3.8, 4) is 11.1 Å². The van der Waals surface area contributed by atoms with Gasteiger partial charge in [0.05, 0.1) is 12.0 Å². The average molecular weight is 411 g/mol. The highest BCUT2D eigenvalue weighted by atomic mass is 19.4. The maximum atomic E-state index is 14.4. The highest BCUT2D eigenvalue weighted by molar-refractivity contribution is 5.87. The molecule has 0 aromatic heterocycles. The molecular weight excluding hydrogens is 394 g/mol. The highest BCUT2D eigenvalue weighted by Gasteiger charge is 2.30. The van der Waals surface area contributed by atoms with Crippen molar-refractivity contribution in [1.29, 1.82) is 10.8 Å². The quantitative estimate of drug-likeness (QED) is 0.365. The molecule has 0 fully saturated rings. The Balaban J connectivity index is 2.39. The van der Waals surface area contributed by atoms with Gasteiger partial charge in [0.1, 0.15) is 11.9 Å². The first-order valence-corrected chi connectivity index (χ1v) is 8.21. The van der Waals surface area contributed by atoms with Gasteiger partial charge in [-0.15, -0.1) is 0 Å². The number of hydrogen-bond acceptors (Lipinski definition) is 5. The number of carbonyl (C=O) groups is 1. The van der Waals surface area contributed by atoms with E-state index in [2.05, 4.69) is 0 Å². The van der Waals surface area contributed by atoms with Crippen molar-refractivity contribution in [2.45, 2.75) is 25.6 Å². The SMILES string of the molecule is CC(=N)OC(=N)CC(OC(N)=O)c1cc(-c2ccc(C(F)(F)F)cc2)ccc1F. The zero-order valence-electron chi connectivity index (χ0n) is 15.1. The lowest BCUT2D eigenvalue weighted by molar-refractivity contribution is -0.137. The number of nitrogens with one attached hydrogen (secondary N) is 2. The molecular formula is C19H17F4N3O3. The summed E-state index contributed by atoms with van der Waals surface area (Å²) in [6.45, 7) is 1.28. The van der Waals surface area contributed by atoms with Crippen molar-refractivity contribution in [2.75, 3.05) is 0 Å². The average Bonchev–Trinajstić information content (AvgIpc) is 2.60. The third-order valence-corrected chi connectivity index (χ3v) is 3.79. The third-order valence-electron chi connectivity index (χ3n) is 3.79. The van der Waals surface area contributed by atoms with E-state index in [1.807, 2.05) is 0 Å². The number of amides is 1. The second kappa shape index (κ2) is 8.72. The molecule has 4 N–H and O–H groups in total. The van der Waals surface area contributed by atoms with Gasteiger partial charge in [0.2, 0.25) is 0 Å². The van der Waals surface area contributed by atoms with Crippen LogP contribution in [0.25, 0.3) is 11.1 Å². The van der Waals surface area contributed by atoms with Crippen molar-refractivity contribution in [3.05, 3.63) is 59.4 Å². The van der Waals surface area contributed by atoms with Crippen LogP contribution in [0.3, 0.4) is 0 Å². The molecule has 2 rings (SSSR count). The molecule has 0 aliphatic rings. The lowest BCUT2D eigenvalue weighted by Crippen LogP contribution is -2.21. The van der Waals surface area contributed by atoms with E-state index in [4.69, 9.17) is 26.0 Å². The minimum absolute atomic E-state index is 0.141. The van der Waals surface area contributed by atoms with Crippen LogP contribution in [0.15, 0.2) is 42.5 Å². The van der Waals surface area contributed by atoms with Gasteiger partial charge < -0.3 is 15.2 Å². The first-order chi connectivity index (χ1) is 13.5. The number of halogens is 4. The predicted molar refractivity (Wildman–Crippen MR) is 97.1 cm³/mol. The van der Waals surface area contributed by atoms with Gasteiger partial charge in [-0.1, -0.05) is 18.2 Å². The van der Waals surface area contributed by atoms with Crippen molar-refractivity contribution in [2.24, 2.45) is 5.73 Å². The summed E-state index contributed by atoms with van der Waals surface area (Å²) in [6, 6.07) is 7.95.